The number of hydrogen-bond donors (Lipinski definition) is 1. The number of nitrogens with zero attached hydrogens (tertiary/aromatic N) is 2. The molecule has 3 heterocycles. The van der Waals surface area contributed by atoms with Gasteiger partial charge in [-0.1, -0.05) is 6.07 Å². The number of carbonyl (C=O) groups is 1. The highest BCUT2D eigenvalue weighted by Gasteiger charge is 2.53. The number of amides is 1. The lowest BCUT2D eigenvalue weighted by atomic mass is 9.75. The van der Waals surface area contributed by atoms with E-state index < -0.39 is 5.41 Å². The summed E-state index contributed by atoms with van der Waals surface area (Å²) in [5.41, 5.74) is 0.672. The van der Waals surface area contributed by atoms with Gasteiger partial charge in [0.15, 0.2) is 0 Å². The van der Waals surface area contributed by atoms with E-state index in [1.165, 1.54) is 0 Å². The van der Waals surface area contributed by atoms with Crippen LogP contribution >= 0.6 is 0 Å². The predicted octanol–water partition coefficient (Wildman–Crippen LogP) is 1.35. The summed E-state index contributed by atoms with van der Waals surface area (Å²) >= 11 is 0. The molecule has 0 spiro atoms. The molecule has 24 heavy (non-hydrogen) atoms. The van der Waals surface area contributed by atoms with Gasteiger partial charge in [0, 0.05) is 44.0 Å². The first-order valence-corrected chi connectivity index (χ1v) is 8.84. The number of aromatic nitrogens is 1. The van der Waals surface area contributed by atoms with Crippen LogP contribution in [0.5, 0.6) is 5.88 Å². The smallest absolute Gasteiger partial charge is 0.230 e. The molecule has 1 aliphatic carbocycles. The number of pyridine rings is 1. The lowest BCUT2D eigenvalue weighted by Crippen LogP contribution is -2.57. The van der Waals surface area contributed by atoms with Crippen LogP contribution in [0.15, 0.2) is 18.3 Å². The summed E-state index contributed by atoms with van der Waals surface area (Å²) in [6, 6.07) is 4.36. The third-order valence-electron chi connectivity index (χ3n) is 5.50. The maximum absolute atomic E-state index is 12.9. The van der Waals surface area contributed by atoms with E-state index in [2.05, 4.69) is 15.2 Å². The van der Waals surface area contributed by atoms with Gasteiger partial charge in [-0.2, -0.15) is 0 Å². The zero-order chi connectivity index (χ0) is 16.6. The topological polar surface area (TPSA) is 63.7 Å². The van der Waals surface area contributed by atoms with Gasteiger partial charge in [0.25, 0.3) is 0 Å². The van der Waals surface area contributed by atoms with Crippen molar-refractivity contribution in [1.82, 2.24) is 15.2 Å². The molecule has 130 valence electrons. The molecule has 0 aromatic carbocycles. The van der Waals surface area contributed by atoms with E-state index in [1.807, 2.05) is 12.1 Å². The number of fused-ring (bicyclic) bond motifs is 1. The van der Waals surface area contributed by atoms with Crippen molar-refractivity contribution in [3.63, 3.8) is 0 Å². The molecule has 2 aliphatic heterocycles. The number of rotatable bonds is 5. The van der Waals surface area contributed by atoms with Crippen LogP contribution in [-0.4, -0.2) is 54.7 Å². The minimum atomic E-state index is -0.393. The molecule has 6 nitrogen and oxygen atoms in total. The maximum Gasteiger partial charge on any atom is 0.230 e. The van der Waals surface area contributed by atoms with Crippen molar-refractivity contribution in [2.75, 3.05) is 26.8 Å². The van der Waals surface area contributed by atoms with Crippen LogP contribution in [0.4, 0.5) is 0 Å². The summed E-state index contributed by atoms with van der Waals surface area (Å²) in [7, 11) is 1.65. The fraction of sp³-hybridized carbons (Fsp3) is 0.667. The molecular weight excluding hydrogens is 306 g/mol. The van der Waals surface area contributed by atoms with Crippen LogP contribution in [0.2, 0.25) is 0 Å². The van der Waals surface area contributed by atoms with Crippen LogP contribution in [0, 0.1) is 5.41 Å². The third kappa shape index (κ3) is 2.89. The molecule has 2 saturated heterocycles. The first-order chi connectivity index (χ1) is 11.7. The van der Waals surface area contributed by atoms with Crippen molar-refractivity contribution in [2.45, 2.75) is 44.4 Å². The summed E-state index contributed by atoms with van der Waals surface area (Å²) in [6.07, 6.45) is 5.75. The zero-order valence-electron chi connectivity index (χ0n) is 14.2. The highest BCUT2D eigenvalue weighted by atomic mass is 16.5. The Morgan fingerprint density at radius 3 is 3.17 bits per heavy atom. The average molecular weight is 331 g/mol. The Morgan fingerprint density at radius 1 is 1.50 bits per heavy atom. The van der Waals surface area contributed by atoms with Gasteiger partial charge in [0.05, 0.1) is 18.6 Å². The number of hydrogen-bond acceptors (Lipinski definition) is 5. The Labute approximate surface area is 142 Å². The van der Waals surface area contributed by atoms with E-state index in [4.69, 9.17) is 9.47 Å². The second kappa shape index (κ2) is 6.33. The van der Waals surface area contributed by atoms with Gasteiger partial charge >= 0.3 is 0 Å². The minimum Gasteiger partial charge on any atom is -0.481 e. The van der Waals surface area contributed by atoms with Gasteiger partial charge in [0.2, 0.25) is 11.8 Å². The number of ether oxygens (including phenoxy) is 2. The van der Waals surface area contributed by atoms with E-state index in [-0.39, 0.29) is 12.0 Å². The van der Waals surface area contributed by atoms with E-state index in [0.29, 0.717) is 18.5 Å². The molecule has 0 bridgehead atoms. The van der Waals surface area contributed by atoms with Crippen LogP contribution in [0.25, 0.3) is 0 Å². The number of likely N-dealkylation sites (tertiary alicyclic amines) is 1. The van der Waals surface area contributed by atoms with Gasteiger partial charge < -0.3 is 14.8 Å². The second-order valence-electron chi connectivity index (χ2n) is 7.18. The summed E-state index contributed by atoms with van der Waals surface area (Å²) in [5, 5.41) is 3.21. The average Bonchev–Trinajstić information content (AvgIpc) is 3.31. The summed E-state index contributed by atoms with van der Waals surface area (Å²) in [5.74, 6) is 0.856. The Bertz CT molecular complexity index is 619. The van der Waals surface area contributed by atoms with Gasteiger partial charge in [0.1, 0.15) is 0 Å². The molecular formula is C18H25N3O3. The van der Waals surface area contributed by atoms with Crippen molar-refractivity contribution in [3.05, 3.63) is 23.9 Å². The monoisotopic (exact) mass is 331 g/mol. The van der Waals surface area contributed by atoms with E-state index in [9.17, 15) is 4.79 Å². The van der Waals surface area contributed by atoms with Crippen LogP contribution in [-0.2, 0) is 16.1 Å². The van der Waals surface area contributed by atoms with Crippen LogP contribution in [0.1, 0.15) is 31.2 Å². The van der Waals surface area contributed by atoms with Gasteiger partial charge in [-0.15, -0.1) is 0 Å². The van der Waals surface area contributed by atoms with Crippen molar-refractivity contribution >= 4 is 5.91 Å². The van der Waals surface area contributed by atoms with E-state index in [1.54, 1.807) is 13.3 Å². The van der Waals surface area contributed by atoms with Crippen molar-refractivity contribution in [3.8, 4) is 5.88 Å². The molecule has 2 atom stereocenters. The fourth-order valence-electron chi connectivity index (χ4n) is 4.01. The molecule has 1 aromatic heterocycles. The van der Waals surface area contributed by atoms with Gasteiger partial charge in [-0.25, -0.2) is 4.98 Å². The Morgan fingerprint density at radius 2 is 2.38 bits per heavy atom. The Hall–Kier alpha value is -1.66. The largest absolute Gasteiger partial charge is 0.481 e. The maximum atomic E-state index is 12.9. The summed E-state index contributed by atoms with van der Waals surface area (Å²) < 4.78 is 11.3. The van der Waals surface area contributed by atoms with Crippen molar-refractivity contribution in [1.29, 1.82) is 0 Å². The van der Waals surface area contributed by atoms with Crippen molar-refractivity contribution < 1.29 is 14.3 Å². The molecule has 6 heteroatoms. The van der Waals surface area contributed by atoms with Crippen molar-refractivity contribution in [2.24, 2.45) is 5.41 Å². The normalized spacial score (nSPS) is 30.0. The summed E-state index contributed by atoms with van der Waals surface area (Å²) in [6.45, 7) is 3.12. The fourth-order valence-corrected chi connectivity index (χ4v) is 4.01. The highest BCUT2D eigenvalue weighted by Crippen LogP contribution is 2.42. The number of piperidine rings is 1. The molecule has 3 fully saturated rings. The lowest BCUT2D eigenvalue weighted by molar-refractivity contribution is -0.139. The first-order valence-electron chi connectivity index (χ1n) is 8.84. The molecule has 0 unspecified atom stereocenters. The zero-order valence-corrected chi connectivity index (χ0v) is 14.2. The van der Waals surface area contributed by atoms with E-state index >= 15 is 0 Å². The predicted molar refractivity (Wildman–Crippen MR) is 88.6 cm³/mol. The molecule has 3 aliphatic rings. The second-order valence-corrected chi connectivity index (χ2v) is 7.18. The Kier molecular flexibility index (Phi) is 4.18. The number of nitrogens with one attached hydrogen (secondary N) is 1. The highest BCUT2D eigenvalue weighted by molar-refractivity contribution is 5.84. The Balaban J connectivity index is 1.50. The molecule has 1 amide bonds. The molecule has 1 aromatic rings. The third-order valence-corrected chi connectivity index (χ3v) is 5.50. The number of methoxy groups -OCH3 is 1. The standard InChI is InChI=1S/C18H25N3O3/c1-23-16-13(3-2-8-19-16)11-21-9-6-15-18(12-21,7-10-24-15)17(22)20-14-4-5-14/h2-3,8,14-15H,4-7,9-12H2,1H3,(H,20,22)/t15-,18-/m1/s1. The number of carbonyl (C=O) groups excluding carboxylic acids is 1. The SMILES string of the molecule is COc1ncccc1CN1CC[C@H]2OCC[C@@]2(C(=O)NC2CC2)C1. The molecule has 0 radical (unpaired) electrons. The lowest BCUT2D eigenvalue weighted by Gasteiger charge is -2.42. The van der Waals surface area contributed by atoms with E-state index in [0.717, 1.165) is 50.9 Å². The van der Waals surface area contributed by atoms with Crippen LogP contribution < -0.4 is 10.1 Å². The molecule has 4 rings (SSSR count). The molecule has 1 N–H and O–H groups in total. The first kappa shape index (κ1) is 15.8. The minimum absolute atomic E-state index is 0.0586. The molecule has 1 saturated carbocycles. The van der Waals surface area contributed by atoms with Gasteiger partial charge in [-0.05, 0) is 31.7 Å². The van der Waals surface area contributed by atoms with Gasteiger partial charge in [-0.3, -0.25) is 9.69 Å². The van der Waals surface area contributed by atoms with Crippen LogP contribution in [0.3, 0.4) is 0 Å². The summed E-state index contributed by atoms with van der Waals surface area (Å²) in [4.78, 5) is 19.5. The quantitative estimate of drug-likeness (QED) is 0.882.